The largest absolute Gasteiger partial charge is 0.295 e. The third-order valence-electron chi connectivity index (χ3n) is 3.64. The maximum absolute atomic E-state index is 4.51. The van der Waals surface area contributed by atoms with Gasteiger partial charge in [0, 0.05) is 38.9 Å². The zero-order valence-electron chi connectivity index (χ0n) is 12.1. The third-order valence-corrected chi connectivity index (χ3v) is 3.64. The third kappa shape index (κ3) is 4.13. The molecule has 4 nitrogen and oxygen atoms in total. The molecule has 1 aliphatic rings. The van der Waals surface area contributed by atoms with Gasteiger partial charge in [-0.05, 0) is 17.7 Å². The molecule has 0 radical (unpaired) electrons. The molecule has 2 heterocycles. The van der Waals surface area contributed by atoms with Crippen LogP contribution in [0.2, 0.25) is 0 Å². The average Bonchev–Trinajstić information content (AvgIpc) is 2.56. The van der Waals surface area contributed by atoms with Crippen LogP contribution in [0.3, 0.4) is 0 Å². The van der Waals surface area contributed by atoms with Gasteiger partial charge >= 0.3 is 0 Å². The lowest BCUT2D eigenvalue weighted by molar-refractivity contribution is 0.131. The van der Waals surface area contributed by atoms with E-state index in [9.17, 15) is 0 Å². The van der Waals surface area contributed by atoms with Crippen molar-refractivity contribution in [2.24, 2.45) is 5.10 Å². The van der Waals surface area contributed by atoms with E-state index in [1.807, 2.05) is 24.4 Å². The molecule has 1 aromatic heterocycles. The molecule has 0 amide bonds. The number of rotatable bonds is 4. The molecule has 21 heavy (non-hydrogen) atoms. The summed E-state index contributed by atoms with van der Waals surface area (Å²) < 4.78 is 0. The molecule has 0 spiro atoms. The zero-order valence-corrected chi connectivity index (χ0v) is 12.1. The van der Waals surface area contributed by atoms with Crippen LogP contribution in [-0.2, 0) is 6.54 Å². The number of aromatic nitrogens is 1. The Bertz CT molecular complexity index is 560. The van der Waals surface area contributed by atoms with Gasteiger partial charge in [-0.2, -0.15) is 5.10 Å². The Kier molecular flexibility index (Phi) is 4.59. The van der Waals surface area contributed by atoms with Crippen LogP contribution in [0.4, 0.5) is 0 Å². The molecular formula is C17H20N4. The van der Waals surface area contributed by atoms with Gasteiger partial charge in [0.2, 0.25) is 0 Å². The SMILES string of the molecule is C(=NN1CCN(Cc2ccccc2)CC1)c1ccccn1. The summed E-state index contributed by atoms with van der Waals surface area (Å²) in [6.07, 6.45) is 3.63. The molecule has 0 bridgehead atoms. The molecule has 4 heteroatoms. The van der Waals surface area contributed by atoms with Gasteiger partial charge in [0.1, 0.15) is 0 Å². The summed E-state index contributed by atoms with van der Waals surface area (Å²) >= 11 is 0. The number of pyridine rings is 1. The van der Waals surface area contributed by atoms with Crippen molar-refractivity contribution < 1.29 is 0 Å². The number of hydrogen-bond donors (Lipinski definition) is 0. The van der Waals surface area contributed by atoms with E-state index < -0.39 is 0 Å². The van der Waals surface area contributed by atoms with Crippen molar-refractivity contribution in [1.82, 2.24) is 14.9 Å². The Morgan fingerprint density at radius 1 is 0.952 bits per heavy atom. The van der Waals surface area contributed by atoms with Crippen molar-refractivity contribution in [2.45, 2.75) is 6.54 Å². The van der Waals surface area contributed by atoms with Gasteiger partial charge in [-0.25, -0.2) is 0 Å². The highest BCUT2D eigenvalue weighted by molar-refractivity contribution is 5.76. The van der Waals surface area contributed by atoms with Crippen LogP contribution < -0.4 is 0 Å². The van der Waals surface area contributed by atoms with Crippen LogP contribution >= 0.6 is 0 Å². The fourth-order valence-electron chi connectivity index (χ4n) is 2.45. The number of hydrazone groups is 1. The molecule has 0 unspecified atom stereocenters. The van der Waals surface area contributed by atoms with E-state index in [1.54, 1.807) is 6.20 Å². The van der Waals surface area contributed by atoms with E-state index in [0.717, 1.165) is 38.4 Å². The number of benzene rings is 1. The van der Waals surface area contributed by atoms with Crippen LogP contribution in [0.15, 0.2) is 59.8 Å². The van der Waals surface area contributed by atoms with Crippen molar-refractivity contribution in [3.8, 4) is 0 Å². The lowest BCUT2D eigenvalue weighted by Gasteiger charge is -2.33. The molecule has 1 saturated heterocycles. The molecule has 0 atom stereocenters. The monoisotopic (exact) mass is 280 g/mol. The van der Waals surface area contributed by atoms with E-state index in [4.69, 9.17) is 0 Å². The molecule has 0 saturated carbocycles. The fourth-order valence-corrected chi connectivity index (χ4v) is 2.45. The lowest BCUT2D eigenvalue weighted by atomic mass is 10.2. The highest BCUT2D eigenvalue weighted by atomic mass is 15.5. The minimum absolute atomic E-state index is 0.907. The van der Waals surface area contributed by atoms with E-state index in [1.165, 1.54) is 5.56 Å². The van der Waals surface area contributed by atoms with Gasteiger partial charge in [-0.3, -0.25) is 14.9 Å². The fraction of sp³-hybridized carbons (Fsp3) is 0.294. The Morgan fingerprint density at radius 3 is 2.43 bits per heavy atom. The molecule has 1 aromatic carbocycles. The maximum Gasteiger partial charge on any atom is 0.0830 e. The highest BCUT2D eigenvalue weighted by Gasteiger charge is 2.15. The van der Waals surface area contributed by atoms with Crippen molar-refractivity contribution in [1.29, 1.82) is 0 Å². The van der Waals surface area contributed by atoms with Crippen LogP contribution in [0.1, 0.15) is 11.3 Å². The van der Waals surface area contributed by atoms with Crippen molar-refractivity contribution in [3.05, 3.63) is 66.0 Å². The summed E-state index contributed by atoms with van der Waals surface area (Å²) in [5, 5.41) is 6.64. The second-order valence-corrected chi connectivity index (χ2v) is 5.21. The van der Waals surface area contributed by atoms with Crippen LogP contribution in [0.5, 0.6) is 0 Å². The lowest BCUT2D eigenvalue weighted by Crippen LogP contribution is -2.43. The quantitative estimate of drug-likeness (QED) is 0.805. The van der Waals surface area contributed by atoms with Gasteiger partial charge < -0.3 is 0 Å². The van der Waals surface area contributed by atoms with Crippen LogP contribution in [0.25, 0.3) is 0 Å². The number of hydrogen-bond acceptors (Lipinski definition) is 4. The molecule has 0 aliphatic carbocycles. The second kappa shape index (κ2) is 6.99. The van der Waals surface area contributed by atoms with Gasteiger partial charge in [-0.1, -0.05) is 36.4 Å². The zero-order chi connectivity index (χ0) is 14.3. The molecule has 1 aliphatic heterocycles. The van der Waals surface area contributed by atoms with E-state index in [0.29, 0.717) is 0 Å². The average molecular weight is 280 g/mol. The Hall–Kier alpha value is -2.20. The number of piperazine rings is 1. The number of nitrogens with zero attached hydrogens (tertiary/aromatic N) is 4. The van der Waals surface area contributed by atoms with E-state index in [-0.39, 0.29) is 0 Å². The van der Waals surface area contributed by atoms with Gasteiger partial charge in [-0.15, -0.1) is 0 Å². The van der Waals surface area contributed by atoms with Crippen molar-refractivity contribution in [3.63, 3.8) is 0 Å². The predicted octanol–water partition coefficient (Wildman–Crippen LogP) is 2.23. The first kappa shape index (κ1) is 13.8. The minimum Gasteiger partial charge on any atom is -0.295 e. The first-order valence-corrected chi connectivity index (χ1v) is 7.36. The summed E-state index contributed by atoms with van der Waals surface area (Å²) in [5.41, 5.74) is 2.28. The minimum atomic E-state index is 0.907. The smallest absolute Gasteiger partial charge is 0.0830 e. The Labute approximate surface area is 125 Å². The van der Waals surface area contributed by atoms with Crippen molar-refractivity contribution >= 4 is 6.21 Å². The molecule has 108 valence electrons. The normalized spacial score (nSPS) is 16.5. The maximum atomic E-state index is 4.51. The molecular weight excluding hydrogens is 260 g/mol. The molecule has 3 rings (SSSR count). The first-order valence-electron chi connectivity index (χ1n) is 7.36. The van der Waals surface area contributed by atoms with Crippen LogP contribution in [0, 0.1) is 0 Å². The van der Waals surface area contributed by atoms with Crippen LogP contribution in [-0.4, -0.2) is 47.3 Å². The summed E-state index contributed by atoms with van der Waals surface area (Å²) in [6, 6.07) is 16.5. The summed E-state index contributed by atoms with van der Waals surface area (Å²) in [7, 11) is 0. The van der Waals surface area contributed by atoms with Gasteiger partial charge in [0.25, 0.3) is 0 Å². The first-order chi connectivity index (χ1) is 10.4. The van der Waals surface area contributed by atoms with E-state index >= 15 is 0 Å². The Balaban J connectivity index is 1.48. The predicted molar refractivity (Wildman–Crippen MR) is 85.1 cm³/mol. The van der Waals surface area contributed by atoms with Gasteiger partial charge in [0.05, 0.1) is 11.9 Å². The molecule has 2 aromatic rings. The molecule has 0 N–H and O–H groups in total. The van der Waals surface area contributed by atoms with Gasteiger partial charge in [0.15, 0.2) is 0 Å². The highest BCUT2D eigenvalue weighted by Crippen LogP contribution is 2.08. The summed E-state index contributed by atoms with van der Waals surface area (Å²) in [5.74, 6) is 0. The van der Waals surface area contributed by atoms with E-state index in [2.05, 4.69) is 50.3 Å². The summed E-state index contributed by atoms with van der Waals surface area (Å²) in [4.78, 5) is 6.72. The summed E-state index contributed by atoms with van der Waals surface area (Å²) in [6.45, 7) is 5.06. The standard InChI is InChI=1S/C17H20N4/c1-2-6-16(7-3-1)15-20-10-12-21(13-11-20)19-14-17-8-4-5-9-18-17/h1-9,14H,10-13,15H2. The molecule has 1 fully saturated rings. The topological polar surface area (TPSA) is 31.7 Å². The Morgan fingerprint density at radius 2 is 1.71 bits per heavy atom. The van der Waals surface area contributed by atoms with Crippen molar-refractivity contribution in [2.75, 3.05) is 26.2 Å². The second-order valence-electron chi connectivity index (χ2n) is 5.21.